The summed E-state index contributed by atoms with van der Waals surface area (Å²) < 4.78 is 6.30. The van der Waals surface area contributed by atoms with E-state index in [4.69, 9.17) is 4.74 Å². The van der Waals surface area contributed by atoms with Crippen LogP contribution in [0.1, 0.15) is 0 Å². The van der Waals surface area contributed by atoms with E-state index < -0.39 is 0 Å². The smallest absolute Gasteiger partial charge is 0.278 e. The molecule has 0 aliphatic heterocycles. The predicted molar refractivity (Wildman–Crippen MR) is 79.0 cm³/mol. The summed E-state index contributed by atoms with van der Waals surface area (Å²) in [6.45, 7) is 0.852. The molecule has 6 heteroatoms. The summed E-state index contributed by atoms with van der Waals surface area (Å²) in [5.41, 5.74) is 0.962. The quantitative estimate of drug-likeness (QED) is 0.738. The summed E-state index contributed by atoms with van der Waals surface area (Å²) in [6, 6.07) is 11.8. The Balaban J connectivity index is 2.08. The van der Waals surface area contributed by atoms with Crippen molar-refractivity contribution in [2.45, 2.75) is 6.54 Å². The van der Waals surface area contributed by atoms with Crippen LogP contribution >= 0.6 is 11.3 Å². The molecule has 0 radical (unpaired) electrons. The van der Waals surface area contributed by atoms with Gasteiger partial charge in [0.1, 0.15) is 0 Å². The van der Waals surface area contributed by atoms with Crippen LogP contribution in [0.4, 0.5) is 0 Å². The molecule has 3 rings (SSSR count). The zero-order valence-corrected chi connectivity index (χ0v) is 11.8. The van der Waals surface area contributed by atoms with Crippen molar-refractivity contribution in [3.63, 3.8) is 0 Å². The van der Waals surface area contributed by atoms with E-state index in [1.165, 1.54) is 16.0 Å². The van der Waals surface area contributed by atoms with E-state index in [-0.39, 0.29) is 5.56 Å². The van der Waals surface area contributed by atoms with Crippen LogP contribution in [0.15, 0.2) is 41.2 Å². The molecule has 102 valence electrons. The lowest BCUT2D eigenvalue weighted by Crippen LogP contribution is -2.25. The predicted octanol–water partition coefficient (Wildman–Crippen LogP) is 2.17. The summed E-state index contributed by atoms with van der Waals surface area (Å²) in [7, 11) is 1.59. The van der Waals surface area contributed by atoms with Crippen LogP contribution < -0.4 is 5.56 Å². The minimum Gasteiger partial charge on any atom is -0.383 e. The number of fused-ring (bicyclic) bond motifs is 1. The fourth-order valence-corrected chi connectivity index (χ4v) is 2.92. The second-order valence-electron chi connectivity index (χ2n) is 4.31. The maximum atomic E-state index is 12.3. The Hall–Kier alpha value is -2.05. The van der Waals surface area contributed by atoms with Gasteiger partial charge in [0.15, 0.2) is 4.83 Å². The fourth-order valence-electron chi connectivity index (χ4n) is 1.95. The lowest BCUT2D eigenvalue weighted by Gasteiger charge is -2.00. The largest absolute Gasteiger partial charge is 0.383 e. The maximum Gasteiger partial charge on any atom is 0.278 e. The minimum absolute atomic E-state index is 0.120. The van der Waals surface area contributed by atoms with Crippen LogP contribution in [0, 0.1) is 0 Å². The molecule has 0 fully saturated rings. The third-order valence-electron chi connectivity index (χ3n) is 2.99. The first kappa shape index (κ1) is 13.0. The number of methoxy groups -OCH3 is 1. The van der Waals surface area contributed by atoms with Crippen LogP contribution in [0.25, 0.3) is 20.7 Å². The molecule has 2 heterocycles. The van der Waals surface area contributed by atoms with E-state index in [9.17, 15) is 4.79 Å². The van der Waals surface area contributed by atoms with Crippen LogP contribution in [-0.4, -0.2) is 28.7 Å². The van der Waals surface area contributed by atoms with E-state index in [1.807, 2.05) is 36.4 Å². The molecule has 3 aromatic rings. The number of aromatic nitrogens is 3. The van der Waals surface area contributed by atoms with Crippen molar-refractivity contribution in [1.82, 2.24) is 15.0 Å². The molecule has 0 aliphatic carbocycles. The van der Waals surface area contributed by atoms with Crippen molar-refractivity contribution in [2.24, 2.45) is 0 Å². The van der Waals surface area contributed by atoms with Crippen LogP contribution in [0.2, 0.25) is 0 Å². The molecule has 1 aromatic carbocycles. The molecular weight excluding hydrogens is 274 g/mol. The number of hydrogen-bond acceptors (Lipinski definition) is 5. The van der Waals surface area contributed by atoms with E-state index in [2.05, 4.69) is 10.3 Å². The molecule has 0 aliphatic rings. The van der Waals surface area contributed by atoms with Gasteiger partial charge in [0.2, 0.25) is 0 Å². The van der Waals surface area contributed by atoms with Crippen LogP contribution in [-0.2, 0) is 11.3 Å². The van der Waals surface area contributed by atoms with Crippen molar-refractivity contribution in [3.8, 4) is 10.4 Å². The standard InChI is InChI=1S/C14H13N3O2S/c1-19-8-7-17-14(18)11-9-12(20-13(11)15-16-17)10-5-3-2-4-6-10/h2-6,9H,7-8H2,1H3. The van der Waals surface area contributed by atoms with Gasteiger partial charge in [-0.3, -0.25) is 4.79 Å². The maximum absolute atomic E-state index is 12.3. The summed E-state index contributed by atoms with van der Waals surface area (Å²) in [5, 5.41) is 8.66. The van der Waals surface area contributed by atoms with Gasteiger partial charge in [-0.15, -0.1) is 16.4 Å². The Morgan fingerprint density at radius 2 is 2.10 bits per heavy atom. The summed E-state index contributed by atoms with van der Waals surface area (Å²) in [5.74, 6) is 0. The highest BCUT2D eigenvalue weighted by molar-refractivity contribution is 7.21. The lowest BCUT2D eigenvalue weighted by atomic mass is 10.2. The highest BCUT2D eigenvalue weighted by atomic mass is 32.1. The third-order valence-corrected chi connectivity index (χ3v) is 4.05. The lowest BCUT2D eigenvalue weighted by molar-refractivity contribution is 0.181. The zero-order chi connectivity index (χ0) is 13.9. The zero-order valence-electron chi connectivity index (χ0n) is 10.9. The van der Waals surface area contributed by atoms with E-state index in [0.717, 1.165) is 10.4 Å². The summed E-state index contributed by atoms with van der Waals surface area (Å²) in [4.78, 5) is 14.0. The molecule has 5 nitrogen and oxygen atoms in total. The molecule has 2 aromatic heterocycles. The van der Waals surface area contributed by atoms with Gasteiger partial charge in [0.25, 0.3) is 5.56 Å². The molecule has 20 heavy (non-hydrogen) atoms. The Kier molecular flexibility index (Phi) is 3.58. The van der Waals surface area contributed by atoms with Gasteiger partial charge in [-0.05, 0) is 11.6 Å². The Morgan fingerprint density at radius 1 is 1.30 bits per heavy atom. The van der Waals surface area contributed by atoms with Crippen LogP contribution in [0.5, 0.6) is 0 Å². The number of rotatable bonds is 4. The van der Waals surface area contributed by atoms with Crippen molar-refractivity contribution >= 4 is 21.6 Å². The van der Waals surface area contributed by atoms with Crippen molar-refractivity contribution in [3.05, 3.63) is 46.8 Å². The van der Waals surface area contributed by atoms with E-state index in [0.29, 0.717) is 23.4 Å². The highest BCUT2D eigenvalue weighted by Crippen LogP contribution is 2.30. The molecule has 0 unspecified atom stereocenters. The normalized spacial score (nSPS) is 11.1. The first-order chi connectivity index (χ1) is 9.79. The molecular formula is C14H13N3O2S. The third kappa shape index (κ3) is 2.35. The van der Waals surface area contributed by atoms with Gasteiger partial charge in [0, 0.05) is 12.0 Å². The Bertz CT molecular complexity index is 780. The average molecular weight is 287 g/mol. The van der Waals surface area contributed by atoms with Gasteiger partial charge in [-0.25, -0.2) is 4.68 Å². The Morgan fingerprint density at radius 3 is 2.85 bits per heavy atom. The van der Waals surface area contributed by atoms with Crippen molar-refractivity contribution in [2.75, 3.05) is 13.7 Å². The summed E-state index contributed by atoms with van der Waals surface area (Å²) >= 11 is 1.48. The van der Waals surface area contributed by atoms with E-state index in [1.54, 1.807) is 7.11 Å². The fraction of sp³-hybridized carbons (Fsp3) is 0.214. The molecule has 0 saturated carbocycles. The second kappa shape index (κ2) is 5.52. The second-order valence-corrected chi connectivity index (χ2v) is 5.34. The highest BCUT2D eigenvalue weighted by Gasteiger charge is 2.11. The molecule has 0 amide bonds. The van der Waals surface area contributed by atoms with Crippen molar-refractivity contribution in [1.29, 1.82) is 0 Å². The van der Waals surface area contributed by atoms with Gasteiger partial charge in [-0.1, -0.05) is 35.5 Å². The van der Waals surface area contributed by atoms with Crippen molar-refractivity contribution < 1.29 is 4.74 Å². The number of hydrogen-bond donors (Lipinski definition) is 0. The average Bonchev–Trinajstić information content (AvgIpc) is 2.93. The number of benzene rings is 1. The first-order valence-corrected chi connectivity index (χ1v) is 7.03. The van der Waals surface area contributed by atoms with Gasteiger partial charge in [-0.2, -0.15) is 0 Å². The van der Waals surface area contributed by atoms with E-state index >= 15 is 0 Å². The Labute approximate surface area is 119 Å². The monoisotopic (exact) mass is 287 g/mol. The molecule has 0 bridgehead atoms. The van der Waals surface area contributed by atoms with Crippen LogP contribution in [0.3, 0.4) is 0 Å². The van der Waals surface area contributed by atoms with Gasteiger partial charge < -0.3 is 4.74 Å². The molecule has 0 atom stereocenters. The molecule has 0 saturated heterocycles. The first-order valence-electron chi connectivity index (χ1n) is 6.21. The molecule has 0 spiro atoms. The SMILES string of the molecule is COCCn1nnc2sc(-c3ccccc3)cc2c1=O. The topological polar surface area (TPSA) is 57.0 Å². The van der Waals surface area contributed by atoms with Gasteiger partial charge >= 0.3 is 0 Å². The summed E-state index contributed by atoms with van der Waals surface area (Å²) in [6.07, 6.45) is 0. The minimum atomic E-state index is -0.120. The number of ether oxygens (including phenoxy) is 1. The van der Waals surface area contributed by atoms with Gasteiger partial charge in [0.05, 0.1) is 18.5 Å². The number of thiophene rings is 1. The molecule has 0 N–H and O–H groups in total. The number of nitrogens with zero attached hydrogens (tertiary/aromatic N) is 3.